The van der Waals surface area contributed by atoms with Gasteiger partial charge in [-0.3, -0.25) is 4.99 Å². The number of methoxy groups -OCH3 is 1. The Kier molecular flexibility index (Phi) is 10.5. The maximum absolute atomic E-state index is 13.6. The van der Waals surface area contributed by atoms with Gasteiger partial charge >= 0.3 is 0 Å². The lowest BCUT2D eigenvalue weighted by atomic mass is 9.91. The number of anilines is 2. The molecule has 2 heterocycles. The second-order valence-electron chi connectivity index (χ2n) is 11.6. The number of benzene rings is 3. The number of fused-ring (bicyclic) bond motifs is 1. The van der Waals surface area contributed by atoms with E-state index in [0.29, 0.717) is 49.7 Å². The first-order chi connectivity index (χ1) is 22.2. The Balaban J connectivity index is 1.29. The standard InChI is InChI=1S/C35H41N7O3S/c1-3-4-5-8-28-18-27-14-13-26(20-33(27)40-34(28)37)25-9-6-11-30(19-25)46(43,44)42-22-24(23-42)17-31-29(21-36)10-7-12-32(31)41-35(38)39-15-16-45-2/h6-7,9-14,18-20,24H,3-5,8,15-17,22-23H2,1-2H3,(H2,37,40)(H3,38,39,41). The quantitative estimate of drug-likeness (QED) is 0.101. The Labute approximate surface area is 271 Å². The Morgan fingerprint density at radius 2 is 1.89 bits per heavy atom. The average molecular weight is 640 g/mol. The minimum atomic E-state index is -3.72. The van der Waals surface area contributed by atoms with E-state index in [0.717, 1.165) is 58.8 Å². The average Bonchev–Trinajstić information content (AvgIpc) is 3.03. The van der Waals surface area contributed by atoms with E-state index in [2.05, 4.69) is 34.4 Å². The number of rotatable bonds is 13. The van der Waals surface area contributed by atoms with Gasteiger partial charge in [-0.05, 0) is 83.8 Å². The lowest BCUT2D eigenvalue weighted by molar-refractivity contribution is 0.200. The molecule has 1 aromatic heterocycles. The van der Waals surface area contributed by atoms with Gasteiger partial charge < -0.3 is 21.5 Å². The van der Waals surface area contributed by atoms with Gasteiger partial charge in [0, 0.05) is 31.3 Å². The number of hydrogen-bond donors (Lipinski definition) is 3. The molecule has 1 saturated heterocycles. The van der Waals surface area contributed by atoms with Crippen LogP contribution in [-0.2, 0) is 27.6 Å². The van der Waals surface area contributed by atoms with Crippen LogP contribution < -0.4 is 16.8 Å². The van der Waals surface area contributed by atoms with E-state index in [1.54, 1.807) is 37.4 Å². The van der Waals surface area contributed by atoms with Crippen LogP contribution in [0.2, 0.25) is 0 Å². The number of aromatic nitrogens is 1. The molecule has 5 N–H and O–H groups in total. The maximum atomic E-state index is 13.6. The number of aryl methyl sites for hydroxylation is 1. The van der Waals surface area contributed by atoms with Crippen molar-refractivity contribution in [1.82, 2.24) is 9.29 Å². The first kappa shape index (κ1) is 32.9. The van der Waals surface area contributed by atoms with Gasteiger partial charge in [0.25, 0.3) is 0 Å². The molecule has 240 valence electrons. The summed E-state index contributed by atoms with van der Waals surface area (Å²) < 4.78 is 33.8. The lowest BCUT2D eigenvalue weighted by Gasteiger charge is -2.38. The van der Waals surface area contributed by atoms with E-state index >= 15 is 0 Å². The van der Waals surface area contributed by atoms with Gasteiger partial charge in [-0.15, -0.1) is 0 Å². The Bertz CT molecular complexity index is 1880. The number of unbranched alkanes of at least 4 members (excludes halogenated alkanes) is 2. The molecule has 0 saturated carbocycles. The number of hydrogen-bond acceptors (Lipinski definition) is 7. The largest absolute Gasteiger partial charge is 0.383 e. The predicted molar refractivity (Wildman–Crippen MR) is 184 cm³/mol. The molecular weight excluding hydrogens is 598 g/mol. The molecule has 0 unspecified atom stereocenters. The van der Waals surface area contributed by atoms with Crippen molar-refractivity contribution in [1.29, 1.82) is 5.26 Å². The molecule has 0 spiro atoms. The molecule has 4 aromatic rings. The molecule has 0 amide bonds. The SMILES string of the molecule is CCCCCc1cc2ccc(-c3cccc(S(=O)(=O)N4CC(Cc5c(C#N)cccc5NC(N)=NCCOC)C4)c3)cc2nc1N. The fraction of sp³-hybridized carbons (Fsp3) is 0.343. The minimum absolute atomic E-state index is 0.0450. The summed E-state index contributed by atoms with van der Waals surface area (Å²) in [6.07, 6.45) is 4.81. The maximum Gasteiger partial charge on any atom is 0.243 e. The zero-order valence-corrected chi connectivity index (χ0v) is 27.2. The van der Waals surface area contributed by atoms with E-state index in [4.69, 9.17) is 16.2 Å². The molecule has 1 fully saturated rings. The first-order valence-electron chi connectivity index (χ1n) is 15.6. The van der Waals surface area contributed by atoms with Crippen LogP contribution in [-0.4, -0.2) is 57.0 Å². The molecular formula is C35H41N7O3S. The highest BCUT2D eigenvalue weighted by atomic mass is 32.2. The number of pyridine rings is 1. The summed E-state index contributed by atoms with van der Waals surface area (Å²) >= 11 is 0. The Morgan fingerprint density at radius 3 is 2.65 bits per heavy atom. The van der Waals surface area contributed by atoms with Crippen molar-refractivity contribution in [2.24, 2.45) is 16.6 Å². The molecule has 0 radical (unpaired) electrons. The number of sulfonamides is 1. The predicted octanol–water partition coefficient (Wildman–Crippen LogP) is 5.32. The number of guanidine groups is 1. The van der Waals surface area contributed by atoms with Crippen molar-refractivity contribution in [3.8, 4) is 17.2 Å². The van der Waals surface area contributed by atoms with Gasteiger partial charge in [-0.1, -0.05) is 50.1 Å². The smallest absolute Gasteiger partial charge is 0.243 e. The van der Waals surface area contributed by atoms with Crippen LogP contribution >= 0.6 is 0 Å². The summed E-state index contributed by atoms with van der Waals surface area (Å²) in [7, 11) is -2.12. The van der Waals surface area contributed by atoms with E-state index in [9.17, 15) is 13.7 Å². The van der Waals surface area contributed by atoms with Gasteiger partial charge in [-0.2, -0.15) is 9.57 Å². The van der Waals surface area contributed by atoms with Gasteiger partial charge in [0.1, 0.15) is 5.82 Å². The number of nitrogen functional groups attached to an aromatic ring is 1. The zero-order valence-electron chi connectivity index (χ0n) is 26.4. The van der Waals surface area contributed by atoms with Crippen LogP contribution in [0.25, 0.3) is 22.0 Å². The number of nitrogens with one attached hydrogen (secondary N) is 1. The number of ether oxygens (including phenoxy) is 1. The molecule has 1 aliphatic heterocycles. The summed E-state index contributed by atoms with van der Waals surface area (Å²) in [5, 5.41) is 13.9. The van der Waals surface area contributed by atoms with Crippen molar-refractivity contribution < 1.29 is 13.2 Å². The van der Waals surface area contributed by atoms with Crippen molar-refractivity contribution in [2.75, 3.05) is 44.4 Å². The number of nitrogens with zero attached hydrogens (tertiary/aromatic N) is 4. The Hall–Kier alpha value is -4.50. The second kappa shape index (κ2) is 14.7. The Morgan fingerprint density at radius 1 is 1.11 bits per heavy atom. The molecule has 0 aliphatic carbocycles. The van der Waals surface area contributed by atoms with E-state index < -0.39 is 10.0 Å². The van der Waals surface area contributed by atoms with Crippen LogP contribution in [0.4, 0.5) is 11.5 Å². The second-order valence-corrected chi connectivity index (χ2v) is 13.6. The monoisotopic (exact) mass is 639 g/mol. The van der Waals surface area contributed by atoms with Crippen LogP contribution in [0.5, 0.6) is 0 Å². The molecule has 3 aromatic carbocycles. The normalized spacial score (nSPS) is 14.2. The number of aliphatic imine (C=N–C) groups is 1. The lowest BCUT2D eigenvalue weighted by Crippen LogP contribution is -2.50. The van der Waals surface area contributed by atoms with Crippen molar-refractivity contribution in [3.63, 3.8) is 0 Å². The van der Waals surface area contributed by atoms with E-state index in [-0.39, 0.29) is 16.8 Å². The molecule has 0 bridgehead atoms. The molecule has 0 atom stereocenters. The minimum Gasteiger partial charge on any atom is -0.383 e. The van der Waals surface area contributed by atoms with E-state index in [1.807, 2.05) is 30.3 Å². The highest BCUT2D eigenvalue weighted by molar-refractivity contribution is 7.89. The summed E-state index contributed by atoms with van der Waals surface area (Å²) in [6, 6.07) is 22.7. The highest BCUT2D eigenvalue weighted by Crippen LogP contribution is 2.33. The summed E-state index contributed by atoms with van der Waals surface area (Å²) in [5.74, 6) is 0.816. The molecule has 11 heteroatoms. The van der Waals surface area contributed by atoms with Crippen LogP contribution in [0.3, 0.4) is 0 Å². The summed E-state index contributed by atoms with van der Waals surface area (Å²) in [6.45, 7) is 3.73. The first-order valence-corrected chi connectivity index (χ1v) is 17.0. The van der Waals surface area contributed by atoms with Crippen LogP contribution in [0, 0.1) is 17.2 Å². The van der Waals surface area contributed by atoms with Crippen LogP contribution in [0.15, 0.2) is 76.6 Å². The van der Waals surface area contributed by atoms with E-state index in [1.165, 1.54) is 4.31 Å². The topological polar surface area (TPSA) is 160 Å². The van der Waals surface area contributed by atoms with Gasteiger partial charge in [0.2, 0.25) is 10.0 Å². The fourth-order valence-electron chi connectivity index (χ4n) is 5.76. The molecule has 1 aliphatic rings. The molecule has 10 nitrogen and oxygen atoms in total. The van der Waals surface area contributed by atoms with Crippen molar-refractivity contribution in [2.45, 2.75) is 43.9 Å². The number of nitriles is 1. The third-order valence-electron chi connectivity index (χ3n) is 8.34. The summed E-state index contributed by atoms with van der Waals surface area (Å²) in [5.41, 5.74) is 17.8. The van der Waals surface area contributed by atoms with Crippen LogP contribution in [0.1, 0.15) is 42.9 Å². The molecule has 5 rings (SSSR count). The summed E-state index contributed by atoms with van der Waals surface area (Å²) in [4.78, 5) is 9.14. The fourth-order valence-corrected chi connectivity index (χ4v) is 7.39. The third kappa shape index (κ3) is 7.48. The van der Waals surface area contributed by atoms with Gasteiger partial charge in [0.05, 0.1) is 35.2 Å². The zero-order chi connectivity index (χ0) is 32.7. The van der Waals surface area contributed by atoms with Crippen molar-refractivity contribution >= 4 is 38.4 Å². The number of nitrogens with two attached hydrogens (primary N) is 2. The highest BCUT2D eigenvalue weighted by Gasteiger charge is 2.37. The van der Waals surface area contributed by atoms with Gasteiger partial charge in [0.15, 0.2) is 5.96 Å². The third-order valence-corrected chi connectivity index (χ3v) is 10.2. The molecule has 46 heavy (non-hydrogen) atoms. The van der Waals surface area contributed by atoms with Crippen molar-refractivity contribution in [3.05, 3.63) is 83.4 Å². The van der Waals surface area contributed by atoms with Gasteiger partial charge in [-0.25, -0.2) is 13.4 Å².